The highest BCUT2D eigenvalue weighted by molar-refractivity contribution is 9.10. The number of phenols is 1. The van der Waals surface area contributed by atoms with Gasteiger partial charge in [-0.1, -0.05) is 18.2 Å². The van der Waals surface area contributed by atoms with Gasteiger partial charge < -0.3 is 26.0 Å². The third-order valence-electron chi connectivity index (χ3n) is 5.15. The third-order valence-corrected chi connectivity index (χ3v) is 5.73. The Labute approximate surface area is 195 Å². The van der Waals surface area contributed by atoms with Crippen molar-refractivity contribution in [3.05, 3.63) is 64.8 Å². The lowest BCUT2D eigenvalue weighted by Gasteiger charge is -2.16. The van der Waals surface area contributed by atoms with Crippen LogP contribution in [0, 0.1) is 0 Å². The predicted molar refractivity (Wildman–Crippen MR) is 130 cm³/mol. The van der Waals surface area contributed by atoms with E-state index in [2.05, 4.69) is 41.8 Å². The van der Waals surface area contributed by atoms with Crippen LogP contribution in [0.25, 0.3) is 0 Å². The van der Waals surface area contributed by atoms with Crippen molar-refractivity contribution < 1.29 is 9.90 Å². The summed E-state index contributed by atoms with van der Waals surface area (Å²) in [5.41, 5.74) is 2.62. The molecule has 32 heavy (non-hydrogen) atoms. The van der Waals surface area contributed by atoms with E-state index in [1.54, 1.807) is 18.3 Å². The number of aromatic nitrogens is 2. The number of carbonyl (C=O) groups excluding carboxylic acids is 1. The fourth-order valence-electron chi connectivity index (χ4n) is 3.47. The van der Waals surface area contributed by atoms with Gasteiger partial charge in [0, 0.05) is 37.2 Å². The number of hydrogen-bond acceptors (Lipinski definition) is 6. The zero-order valence-electron chi connectivity index (χ0n) is 17.5. The Balaban J connectivity index is 1.36. The number of carbonyl (C=O) groups is 1. The molecule has 9 heteroatoms. The van der Waals surface area contributed by atoms with Gasteiger partial charge in [0.25, 0.3) is 0 Å². The molecule has 0 aliphatic carbocycles. The number of nitrogens with zero attached hydrogens (tertiary/aromatic N) is 3. The summed E-state index contributed by atoms with van der Waals surface area (Å²) in [7, 11) is 0. The van der Waals surface area contributed by atoms with Gasteiger partial charge in [-0.25, -0.2) is 9.78 Å². The van der Waals surface area contributed by atoms with Crippen LogP contribution in [0.15, 0.2) is 59.2 Å². The number of rotatable bonds is 7. The molecule has 0 saturated carbocycles. The summed E-state index contributed by atoms with van der Waals surface area (Å²) in [6.07, 6.45) is 4.60. The maximum absolute atomic E-state index is 12.3. The second-order valence-corrected chi connectivity index (χ2v) is 8.42. The minimum Gasteiger partial charge on any atom is -0.508 e. The molecular weight excluding hydrogens is 472 g/mol. The number of hydrogen-bond donors (Lipinski definition) is 4. The summed E-state index contributed by atoms with van der Waals surface area (Å²) >= 11 is 3.48. The highest BCUT2D eigenvalue weighted by Gasteiger charge is 2.17. The maximum Gasteiger partial charge on any atom is 0.321 e. The van der Waals surface area contributed by atoms with E-state index in [0.717, 1.165) is 53.8 Å². The lowest BCUT2D eigenvalue weighted by molar-refractivity contribution is 0.222. The Hall–Kier alpha value is -3.33. The third kappa shape index (κ3) is 5.88. The molecule has 0 bridgehead atoms. The van der Waals surface area contributed by atoms with Crippen LogP contribution < -0.4 is 16.0 Å². The van der Waals surface area contributed by atoms with Crippen molar-refractivity contribution in [2.24, 2.45) is 0 Å². The molecule has 4 N–H and O–H groups in total. The van der Waals surface area contributed by atoms with Crippen LogP contribution >= 0.6 is 15.9 Å². The number of anilines is 4. The van der Waals surface area contributed by atoms with E-state index < -0.39 is 0 Å². The first-order valence-electron chi connectivity index (χ1n) is 10.5. The van der Waals surface area contributed by atoms with Crippen LogP contribution in [0.2, 0.25) is 0 Å². The van der Waals surface area contributed by atoms with Gasteiger partial charge in [0.05, 0.1) is 4.47 Å². The van der Waals surface area contributed by atoms with Crippen molar-refractivity contribution >= 4 is 45.1 Å². The maximum atomic E-state index is 12.3. The molecule has 166 valence electrons. The number of amides is 2. The smallest absolute Gasteiger partial charge is 0.321 e. The van der Waals surface area contributed by atoms with Crippen molar-refractivity contribution in [1.29, 1.82) is 0 Å². The summed E-state index contributed by atoms with van der Waals surface area (Å²) in [6, 6.07) is 14.6. The van der Waals surface area contributed by atoms with Gasteiger partial charge >= 0.3 is 6.03 Å². The van der Waals surface area contributed by atoms with Gasteiger partial charge in [-0.2, -0.15) is 4.98 Å². The van der Waals surface area contributed by atoms with Gasteiger partial charge in [0.1, 0.15) is 11.6 Å². The zero-order chi connectivity index (χ0) is 22.3. The number of nitrogens with one attached hydrogen (secondary N) is 3. The number of benzene rings is 2. The van der Waals surface area contributed by atoms with Crippen LogP contribution in [0.1, 0.15) is 18.4 Å². The lowest BCUT2D eigenvalue weighted by atomic mass is 10.1. The first-order chi connectivity index (χ1) is 15.6. The molecule has 1 fully saturated rings. The van der Waals surface area contributed by atoms with Gasteiger partial charge in [0.15, 0.2) is 0 Å². The fourth-order valence-corrected chi connectivity index (χ4v) is 3.80. The van der Waals surface area contributed by atoms with E-state index in [-0.39, 0.29) is 11.8 Å². The molecule has 1 aliphatic heterocycles. The molecule has 0 atom stereocenters. The lowest BCUT2D eigenvalue weighted by Crippen LogP contribution is -2.32. The van der Waals surface area contributed by atoms with E-state index in [0.29, 0.717) is 18.3 Å². The van der Waals surface area contributed by atoms with E-state index in [4.69, 9.17) is 0 Å². The SMILES string of the molecule is O=C(Nc1cccc(Nc2ncc(Br)c(NCCc3ccc(O)cc3)n2)c1)N1CCCC1. The van der Waals surface area contributed by atoms with Crippen LogP contribution in [-0.2, 0) is 6.42 Å². The molecule has 1 aliphatic rings. The fraction of sp³-hybridized carbons (Fsp3) is 0.261. The van der Waals surface area contributed by atoms with Crippen molar-refractivity contribution in [3.8, 4) is 5.75 Å². The molecule has 0 unspecified atom stereocenters. The molecule has 1 saturated heterocycles. The topological polar surface area (TPSA) is 102 Å². The van der Waals surface area contributed by atoms with Crippen molar-refractivity contribution in [3.63, 3.8) is 0 Å². The molecule has 2 amide bonds. The van der Waals surface area contributed by atoms with E-state index in [1.807, 2.05) is 41.3 Å². The average molecular weight is 497 g/mol. The van der Waals surface area contributed by atoms with Crippen molar-refractivity contribution in [2.75, 3.05) is 35.6 Å². The highest BCUT2D eigenvalue weighted by Crippen LogP contribution is 2.24. The first-order valence-corrected chi connectivity index (χ1v) is 11.3. The number of likely N-dealkylation sites (tertiary alicyclic amines) is 1. The Morgan fingerprint density at radius 1 is 1.09 bits per heavy atom. The quantitative estimate of drug-likeness (QED) is 0.368. The number of halogens is 1. The van der Waals surface area contributed by atoms with E-state index >= 15 is 0 Å². The highest BCUT2D eigenvalue weighted by atomic mass is 79.9. The minimum absolute atomic E-state index is 0.0698. The molecule has 4 rings (SSSR count). The zero-order valence-corrected chi connectivity index (χ0v) is 19.1. The summed E-state index contributed by atoms with van der Waals surface area (Å²) in [5.74, 6) is 1.39. The predicted octanol–water partition coefficient (Wildman–Crippen LogP) is 4.97. The molecule has 2 heterocycles. The van der Waals surface area contributed by atoms with Crippen molar-refractivity contribution in [1.82, 2.24) is 14.9 Å². The second kappa shape index (κ2) is 10.3. The largest absolute Gasteiger partial charge is 0.508 e. The van der Waals surface area contributed by atoms with Gasteiger partial charge in [0.2, 0.25) is 5.95 Å². The van der Waals surface area contributed by atoms with Crippen LogP contribution in [0.5, 0.6) is 5.75 Å². The number of phenolic OH excluding ortho intramolecular Hbond substituents is 1. The standard InChI is InChI=1S/C23H25BrN6O2/c24-20-15-26-22(29-21(20)25-11-10-16-6-8-19(31)9-7-16)27-17-4-3-5-18(14-17)28-23(32)30-12-1-2-13-30/h3-9,14-15,31H,1-2,10-13H2,(H,28,32)(H2,25,26,27,29). The molecule has 0 radical (unpaired) electrons. The molecule has 2 aromatic carbocycles. The summed E-state index contributed by atoms with van der Waals surface area (Å²) < 4.78 is 0.764. The minimum atomic E-state index is -0.0698. The van der Waals surface area contributed by atoms with Crippen molar-refractivity contribution in [2.45, 2.75) is 19.3 Å². The Morgan fingerprint density at radius 2 is 1.84 bits per heavy atom. The Morgan fingerprint density at radius 3 is 2.62 bits per heavy atom. The first kappa shape index (κ1) is 21.9. The normalized spacial score (nSPS) is 13.1. The van der Waals surface area contributed by atoms with Crippen LogP contribution in [0.4, 0.5) is 27.9 Å². The second-order valence-electron chi connectivity index (χ2n) is 7.56. The molecular formula is C23H25BrN6O2. The average Bonchev–Trinajstić information content (AvgIpc) is 3.33. The summed E-state index contributed by atoms with van der Waals surface area (Å²) in [5, 5.41) is 18.8. The molecule has 1 aromatic heterocycles. The van der Waals surface area contributed by atoms with E-state index in [9.17, 15) is 9.90 Å². The Bertz CT molecular complexity index is 1070. The van der Waals surface area contributed by atoms with Crippen LogP contribution in [-0.4, -0.2) is 45.6 Å². The van der Waals surface area contributed by atoms with Gasteiger partial charge in [-0.3, -0.25) is 0 Å². The van der Waals surface area contributed by atoms with Crippen LogP contribution in [0.3, 0.4) is 0 Å². The van der Waals surface area contributed by atoms with Gasteiger partial charge in [-0.05, 0) is 71.1 Å². The monoisotopic (exact) mass is 496 g/mol. The summed E-state index contributed by atoms with van der Waals surface area (Å²) in [4.78, 5) is 23.0. The Kier molecular flexibility index (Phi) is 7.06. The summed E-state index contributed by atoms with van der Waals surface area (Å²) in [6.45, 7) is 2.29. The molecule has 8 nitrogen and oxygen atoms in total. The molecule has 0 spiro atoms. The molecule has 3 aromatic rings. The van der Waals surface area contributed by atoms with Gasteiger partial charge in [-0.15, -0.1) is 0 Å². The number of urea groups is 1. The number of aromatic hydroxyl groups is 1. The van der Waals surface area contributed by atoms with E-state index in [1.165, 1.54) is 0 Å².